The molecule has 0 aromatic heterocycles. The van der Waals surface area contributed by atoms with Crippen molar-refractivity contribution in [3.05, 3.63) is 70.2 Å². The highest BCUT2D eigenvalue weighted by atomic mass is 35.5. The van der Waals surface area contributed by atoms with Crippen LogP contribution in [0, 0.1) is 0 Å². The minimum atomic E-state index is 0.808. The first kappa shape index (κ1) is 18.0. The monoisotopic (exact) mass is 330 g/mol. The molecule has 2 nitrogen and oxygen atoms in total. The van der Waals surface area contributed by atoms with Gasteiger partial charge in [0.2, 0.25) is 0 Å². The van der Waals surface area contributed by atoms with Crippen LogP contribution in [0.4, 0.5) is 0 Å². The van der Waals surface area contributed by atoms with Gasteiger partial charge in [-0.2, -0.15) is 0 Å². The van der Waals surface area contributed by atoms with E-state index < -0.39 is 0 Å². The van der Waals surface area contributed by atoms with Crippen LogP contribution in [-0.4, -0.2) is 37.0 Å². The van der Waals surface area contributed by atoms with Crippen LogP contribution >= 0.6 is 11.6 Å². The lowest BCUT2D eigenvalue weighted by Crippen LogP contribution is -2.31. The maximum atomic E-state index is 6.13. The molecule has 3 heteroatoms. The summed E-state index contributed by atoms with van der Waals surface area (Å²) in [6, 6.07) is 17.1. The van der Waals surface area contributed by atoms with Gasteiger partial charge in [-0.05, 0) is 49.3 Å². The average molecular weight is 331 g/mol. The van der Waals surface area contributed by atoms with Crippen LogP contribution in [0.2, 0.25) is 5.02 Å². The summed E-state index contributed by atoms with van der Waals surface area (Å²) >= 11 is 6.13. The fourth-order valence-corrected chi connectivity index (χ4v) is 2.87. The standard InChI is InChI=1S/C20H27ClN2/c1-4-17-7-5-8-18(13-17)15-23(12-11-22(2)3)16-19-9-6-10-20(21)14-19/h5-10,13-14H,4,11-12,15-16H2,1-3H3. The van der Waals surface area contributed by atoms with E-state index in [0.717, 1.165) is 37.6 Å². The number of likely N-dealkylation sites (N-methyl/N-ethyl adjacent to an activating group) is 1. The number of aryl methyl sites for hydroxylation is 1. The molecule has 0 aliphatic carbocycles. The summed E-state index contributed by atoms with van der Waals surface area (Å²) in [5, 5.41) is 0.808. The Morgan fingerprint density at radius 1 is 0.826 bits per heavy atom. The lowest BCUT2D eigenvalue weighted by atomic mass is 10.1. The minimum Gasteiger partial charge on any atom is -0.308 e. The third kappa shape index (κ3) is 6.34. The third-order valence-corrected chi connectivity index (χ3v) is 4.20. The van der Waals surface area contributed by atoms with Gasteiger partial charge in [0.1, 0.15) is 0 Å². The maximum Gasteiger partial charge on any atom is 0.0409 e. The van der Waals surface area contributed by atoms with Crippen molar-refractivity contribution < 1.29 is 0 Å². The average Bonchev–Trinajstić information content (AvgIpc) is 2.53. The number of hydrogen-bond acceptors (Lipinski definition) is 2. The van der Waals surface area contributed by atoms with Gasteiger partial charge in [-0.25, -0.2) is 0 Å². The van der Waals surface area contributed by atoms with E-state index in [0.29, 0.717) is 0 Å². The Bertz CT molecular complexity index is 610. The Balaban J connectivity index is 2.09. The van der Waals surface area contributed by atoms with Gasteiger partial charge < -0.3 is 4.90 Å². The summed E-state index contributed by atoms with van der Waals surface area (Å²) in [5.41, 5.74) is 4.05. The second-order valence-corrected chi connectivity index (χ2v) is 6.75. The summed E-state index contributed by atoms with van der Waals surface area (Å²) in [6.07, 6.45) is 1.08. The highest BCUT2D eigenvalue weighted by Crippen LogP contribution is 2.15. The molecule has 2 rings (SSSR count). The smallest absolute Gasteiger partial charge is 0.0409 e. The molecule has 0 fully saturated rings. The topological polar surface area (TPSA) is 6.48 Å². The van der Waals surface area contributed by atoms with Gasteiger partial charge in [0.25, 0.3) is 0 Å². The first-order chi connectivity index (χ1) is 11.1. The normalized spacial score (nSPS) is 11.4. The number of nitrogens with zero attached hydrogens (tertiary/aromatic N) is 2. The molecule has 0 radical (unpaired) electrons. The second-order valence-electron chi connectivity index (χ2n) is 6.32. The van der Waals surface area contributed by atoms with E-state index in [-0.39, 0.29) is 0 Å². The molecule has 2 aromatic rings. The van der Waals surface area contributed by atoms with Gasteiger partial charge in [0.05, 0.1) is 0 Å². The molecule has 0 aliphatic rings. The quantitative estimate of drug-likeness (QED) is 0.704. The van der Waals surface area contributed by atoms with Crippen molar-refractivity contribution in [1.82, 2.24) is 9.80 Å². The van der Waals surface area contributed by atoms with Crippen LogP contribution in [0.3, 0.4) is 0 Å². The van der Waals surface area contributed by atoms with Gasteiger partial charge in [0, 0.05) is 31.2 Å². The predicted octanol–water partition coefficient (Wildman–Crippen LogP) is 4.47. The summed E-state index contributed by atoms with van der Waals surface area (Å²) in [6.45, 7) is 6.18. The van der Waals surface area contributed by atoms with Crippen molar-refractivity contribution in [1.29, 1.82) is 0 Å². The van der Waals surface area contributed by atoms with Gasteiger partial charge in [0.15, 0.2) is 0 Å². The van der Waals surface area contributed by atoms with Gasteiger partial charge in [-0.1, -0.05) is 54.9 Å². The molecule has 0 N–H and O–H groups in total. The Morgan fingerprint density at radius 3 is 2.04 bits per heavy atom. The Morgan fingerprint density at radius 2 is 1.43 bits per heavy atom. The second kappa shape index (κ2) is 9.07. The van der Waals surface area contributed by atoms with Crippen LogP contribution in [0.15, 0.2) is 48.5 Å². The molecule has 0 heterocycles. The number of rotatable bonds is 8. The largest absolute Gasteiger partial charge is 0.308 e. The molecule has 0 spiro atoms. The summed E-state index contributed by atoms with van der Waals surface area (Å²) in [7, 11) is 4.24. The molecule has 0 amide bonds. The molecule has 23 heavy (non-hydrogen) atoms. The van der Waals surface area contributed by atoms with Crippen LogP contribution in [0.1, 0.15) is 23.6 Å². The molecule has 0 aliphatic heterocycles. The Hall–Kier alpha value is -1.35. The van der Waals surface area contributed by atoms with Crippen LogP contribution in [0.25, 0.3) is 0 Å². The molecule has 0 saturated carbocycles. The molecule has 2 aromatic carbocycles. The molecule has 0 atom stereocenters. The number of benzene rings is 2. The van der Waals surface area contributed by atoms with Gasteiger partial charge >= 0.3 is 0 Å². The third-order valence-electron chi connectivity index (χ3n) is 3.96. The highest BCUT2D eigenvalue weighted by Gasteiger charge is 2.09. The van der Waals surface area contributed by atoms with Crippen molar-refractivity contribution in [2.75, 3.05) is 27.2 Å². The van der Waals surface area contributed by atoms with Gasteiger partial charge in [-0.3, -0.25) is 4.90 Å². The predicted molar refractivity (Wildman–Crippen MR) is 99.9 cm³/mol. The zero-order valence-electron chi connectivity index (χ0n) is 14.4. The van der Waals surface area contributed by atoms with Gasteiger partial charge in [-0.15, -0.1) is 0 Å². The minimum absolute atomic E-state index is 0.808. The number of halogens is 1. The van der Waals surface area contributed by atoms with E-state index in [4.69, 9.17) is 11.6 Å². The molecule has 0 unspecified atom stereocenters. The molecule has 0 saturated heterocycles. The van der Waals surface area contributed by atoms with Crippen molar-refractivity contribution in [3.8, 4) is 0 Å². The van der Waals surface area contributed by atoms with Crippen LogP contribution in [0.5, 0.6) is 0 Å². The van der Waals surface area contributed by atoms with Crippen LogP contribution < -0.4 is 0 Å². The van der Waals surface area contributed by atoms with Crippen molar-refractivity contribution in [2.24, 2.45) is 0 Å². The van der Waals surface area contributed by atoms with Crippen molar-refractivity contribution >= 4 is 11.6 Å². The van der Waals surface area contributed by atoms with Crippen molar-refractivity contribution in [3.63, 3.8) is 0 Å². The summed E-state index contributed by atoms with van der Waals surface area (Å²) in [5.74, 6) is 0. The SMILES string of the molecule is CCc1cccc(CN(CCN(C)C)Cc2cccc(Cl)c2)c1. The van der Waals surface area contributed by atoms with E-state index in [1.165, 1.54) is 16.7 Å². The molecular weight excluding hydrogens is 304 g/mol. The lowest BCUT2D eigenvalue weighted by molar-refractivity contribution is 0.226. The fraction of sp³-hybridized carbons (Fsp3) is 0.400. The van der Waals surface area contributed by atoms with Crippen molar-refractivity contribution in [2.45, 2.75) is 26.4 Å². The van der Waals surface area contributed by atoms with E-state index in [1.807, 2.05) is 12.1 Å². The van der Waals surface area contributed by atoms with E-state index in [9.17, 15) is 0 Å². The van der Waals surface area contributed by atoms with E-state index >= 15 is 0 Å². The first-order valence-electron chi connectivity index (χ1n) is 8.26. The Kier molecular flexibility index (Phi) is 7.10. The lowest BCUT2D eigenvalue weighted by Gasteiger charge is -2.24. The summed E-state index contributed by atoms with van der Waals surface area (Å²) < 4.78 is 0. The number of hydrogen-bond donors (Lipinski definition) is 0. The highest BCUT2D eigenvalue weighted by molar-refractivity contribution is 6.30. The molecule has 124 valence electrons. The zero-order valence-corrected chi connectivity index (χ0v) is 15.2. The molecule has 0 bridgehead atoms. The van der Waals surface area contributed by atoms with E-state index in [1.54, 1.807) is 0 Å². The maximum absolute atomic E-state index is 6.13. The summed E-state index contributed by atoms with van der Waals surface area (Å²) in [4.78, 5) is 4.72. The van der Waals surface area contributed by atoms with E-state index in [2.05, 4.69) is 67.2 Å². The molecular formula is C20H27ClN2. The fourth-order valence-electron chi connectivity index (χ4n) is 2.66. The Labute approximate surface area is 145 Å². The zero-order chi connectivity index (χ0) is 16.7. The first-order valence-corrected chi connectivity index (χ1v) is 8.64. The van der Waals surface area contributed by atoms with Crippen LogP contribution in [-0.2, 0) is 19.5 Å².